The van der Waals surface area contributed by atoms with Crippen LogP contribution in [0.1, 0.15) is 38.2 Å². The van der Waals surface area contributed by atoms with Gasteiger partial charge in [0, 0.05) is 24.8 Å². The fourth-order valence-electron chi connectivity index (χ4n) is 3.11. The van der Waals surface area contributed by atoms with E-state index in [2.05, 4.69) is 27.1 Å². The van der Waals surface area contributed by atoms with E-state index in [1.165, 1.54) is 32.2 Å². The number of likely N-dealkylation sites (tertiary alicyclic amines) is 1. The maximum absolute atomic E-state index is 6.00. The molecule has 0 spiro atoms. The van der Waals surface area contributed by atoms with Crippen molar-refractivity contribution in [2.24, 2.45) is 16.6 Å². The number of aromatic nitrogens is 1. The van der Waals surface area contributed by atoms with Crippen LogP contribution in [0.15, 0.2) is 23.3 Å². The van der Waals surface area contributed by atoms with Crippen LogP contribution < -0.4 is 15.8 Å². The Morgan fingerprint density at radius 2 is 2.33 bits per heavy atom. The number of hydrogen-bond acceptors (Lipinski definition) is 4. The Hall–Kier alpha value is -1.82. The summed E-state index contributed by atoms with van der Waals surface area (Å²) in [6, 6.07) is 4.48. The fourth-order valence-corrected chi connectivity index (χ4v) is 3.11. The zero-order chi connectivity index (χ0) is 16.8. The van der Waals surface area contributed by atoms with Gasteiger partial charge in [-0.25, -0.2) is 9.98 Å². The summed E-state index contributed by atoms with van der Waals surface area (Å²) in [6.07, 6.45) is 6.84. The van der Waals surface area contributed by atoms with Crippen molar-refractivity contribution >= 4 is 5.96 Å². The lowest BCUT2D eigenvalue weighted by Gasteiger charge is -2.23. The van der Waals surface area contributed by atoms with Gasteiger partial charge in [-0.15, -0.1) is 0 Å². The number of nitrogens with zero attached hydrogens (tertiary/aromatic N) is 3. The molecule has 0 radical (unpaired) electrons. The van der Waals surface area contributed by atoms with Gasteiger partial charge in [0.2, 0.25) is 5.88 Å². The van der Waals surface area contributed by atoms with Crippen LogP contribution in [0.4, 0.5) is 0 Å². The van der Waals surface area contributed by atoms with Crippen molar-refractivity contribution in [3.8, 4) is 5.88 Å². The quantitative estimate of drug-likeness (QED) is 0.561. The SMILES string of the molecule is CCN1CCCC1CNC(N)=NCc1ccnc(OCC2CC2)c1. The van der Waals surface area contributed by atoms with E-state index in [4.69, 9.17) is 10.5 Å². The predicted octanol–water partition coefficient (Wildman–Crippen LogP) is 1.76. The topological polar surface area (TPSA) is 75.8 Å². The molecule has 1 aliphatic carbocycles. The molecule has 0 aromatic carbocycles. The second kappa shape index (κ2) is 8.33. The van der Waals surface area contributed by atoms with E-state index in [-0.39, 0.29) is 0 Å². The van der Waals surface area contributed by atoms with Crippen LogP contribution in [0.25, 0.3) is 0 Å². The zero-order valence-electron chi connectivity index (χ0n) is 14.6. The molecule has 0 bridgehead atoms. The number of nitrogens with one attached hydrogen (secondary N) is 1. The van der Waals surface area contributed by atoms with Crippen molar-refractivity contribution in [1.82, 2.24) is 15.2 Å². The molecule has 2 heterocycles. The number of aliphatic imine (C=N–C) groups is 1. The molecule has 1 atom stereocenters. The maximum atomic E-state index is 6.00. The Balaban J connectivity index is 1.44. The fraction of sp³-hybridized carbons (Fsp3) is 0.667. The van der Waals surface area contributed by atoms with Crippen molar-refractivity contribution in [2.75, 3.05) is 26.2 Å². The van der Waals surface area contributed by atoms with Crippen molar-refractivity contribution in [1.29, 1.82) is 0 Å². The lowest BCUT2D eigenvalue weighted by Crippen LogP contribution is -2.42. The monoisotopic (exact) mass is 331 g/mol. The zero-order valence-corrected chi connectivity index (χ0v) is 14.6. The average Bonchev–Trinajstić information content (AvgIpc) is 3.33. The third kappa shape index (κ3) is 5.09. The summed E-state index contributed by atoms with van der Waals surface area (Å²) in [5.41, 5.74) is 7.07. The molecule has 1 saturated carbocycles. The number of likely N-dealkylation sites (N-methyl/N-ethyl adjacent to an activating group) is 1. The molecule has 1 aliphatic heterocycles. The smallest absolute Gasteiger partial charge is 0.213 e. The summed E-state index contributed by atoms with van der Waals surface area (Å²) in [7, 11) is 0. The normalized spacial score (nSPS) is 21.9. The van der Waals surface area contributed by atoms with Gasteiger partial charge >= 0.3 is 0 Å². The third-order valence-corrected chi connectivity index (χ3v) is 4.82. The molecular weight excluding hydrogens is 302 g/mol. The van der Waals surface area contributed by atoms with Gasteiger partial charge in [0.15, 0.2) is 5.96 Å². The van der Waals surface area contributed by atoms with E-state index < -0.39 is 0 Å². The Morgan fingerprint density at radius 3 is 3.12 bits per heavy atom. The van der Waals surface area contributed by atoms with Crippen molar-refractivity contribution < 1.29 is 4.74 Å². The summed E-state index contributed by atoms with van der Waals surface area (Å²) in [5, 5.41) is 3.26. The van der Waals surface area contributed by atoms with Gasteiger partial charge < -0.3 is 15.8 Å². The number of pyridine rings is 1. The van der Waals surface area contributed by atoms with E-state index in [0.29, 0.717) is 24.4 Å². The van der Waals surface area contributed by atoms with E-state index >= 15 is 0 Å². The Kier molecular flexibility index (Phi) is 5.91. The molecule has 6 heteroatoms. The standard InChI is InChI=1S/C18H29N5O/c1-2-23-9-3-4-16(23)12-22-18(19)21-11-15-7-8-20-17(10-15)24-13-14-5-6-14/h7-8,10,14,16H,2-6,9,11-13H2,1H3,(H3,19,21,22). The predicted molar refractivity (Wildman–Crippen MR) is 96.1 cm³/mol. The highest BCUT2D eigenvalue weighted by Gasteiger charge is 2.23. The van der Waals surface area contributed by atoms with Gasteiger partial charge in [-0.05, 0) is 56.3 Å². The first kappa shape index (κ1) is 17.0. The molecule has 1 unspecified atom stereocenters. The first-order valence-electron chi connectivity index (χ1n) is 9.10. The van der Waals surface area contributed by atoms with E-state index in [1.807, 2.05) is 12.1 Å². The summed E-state index contributed by atoms with van der Waals surface area (Å²) in [4.78, 5) is 11.2. The molecule has 1 aromatic heterocycles. The molecule has 132 valence electrons. The summed E-state index contributed by atoms with van der Waals surface area (Å²) < 4.78 is 5.70. The van der Waals surface area contributed by atoms with Crippen LogP contribution in [0.5, 0.6) is 5.88 Å². The van der Waals surface area contributed by atoms with Crippen LogP contribution in [-0.2, 0) is 6.54 Å². The van der Waals surface area contributed by atoms with Gasteiger partial charge in [-0.3, -0.25) is 4.90 Å². The van der Waals surface area contributed by atoms with E-state index in [9.17, 15) is 0 Å². The molecule has 2 fully saturated rings. The Labute approximate surface area is 144 Å². The van der Waals surface area contributed by atoms with E-state index in [1.54, 1.807) is 6.20 Å². The van der Waals surface area contributed by atoms with Crippen molar-refractivity contribution in [2.45, 2.75) is 45.2 Å². The second-order valence-corrected chi connectivity index (χ2v) is 6.76. The molecule has 24 heavy (non-hydrogen) atoms. The van der Waals surface area contributed by atoms with Gasteiger partial charge in [0.1, 0.15) is 0 Å². The van der Waals surface area contributed by atoms with E-state index in [0.717, 1.165) is 31.2 Å². The molecule has 2 aliphatic rings. The molecule has 3 N–H and O–H groups in total. The van der Waals surface area contributed by atoms with Crippen LogP contribution >= 0.6 is 0 Å². The first-order valence-corrected chi connectivity index (χ1v) is 9.10. The molecule has 6 nitrogen and oxygen atoms in total. The minimum absolute atomic E-state index is 0.509. The summed E-state index contributed by atoms with van der Waals surface area (Å²) >= 11 is 0. The number of hydrogen-bond donors (Lipinski definition) is 2. The molecule has 1 saturated heterocycles. The second-order valence-electron chi connectivity index (χ2n) is 6.76. The van der Waals surface area contributed by atoms with Crippen molar-refractivity contribution in [3.05, 3.63) is 23.9 Å². The highest BCUT2D eigenvalue weighted by Crippen LogP contribution is 2.29. The summed E-state index contributed by atoms with van der Waals surface area (Å²) in [5.74, 6) is 1.92. The van der Waals surface area contributed by atoms with Crippen LogP contribution in [-0.4, -0.2) is 48.1 Å². The Bertz CT molecular complexity index is 558. The van der Waals surface area contributed by atoms with Crippen LogP contribution in [0.2, 0.25) is 0 Å². The molecule has 3 rings (SSSR count). The number of ether oxygens (including phenoxy) is 1. The number of nitrogens with two attached hydrogens (primary N) is 1. The lowest BCUT2D eigenvalue weighted by atomic mass is 10.2. The number of rotatable bonds is 8. The van der Waals surface area contributed by atoms with Crippen LogP contribution in [0.3, 0.4) is 0 Å². The number of guanidine groups is 1. The van der Waals surface area contributed by atoms with Gasteiger partial charge in [0.05, 0.1) is 13.2 Å². The molecule has 0 amide bonds. The minimum Gasteiger partial charge on any atom is -0.477 e. The maximum Gasteiger partial charge on any atom is 0.213 e. The molecular formula is C18H29N5O. The van der Waals surface area contributed by atoms with Gasteiger partial charge in [0.25, 0.3) is 0 Å². The molecule has 1 aromatic rings. The van der Waals surface area contributed by atoms with Gasteiger partial charge in [-0.1, -0.05) is 6.92 Å². The largest absolute Gasteiger partial charge is 0.477 e. The average molecular weight is 331 g/mol. The van der Waals surface area contributed by atoms with Crippen molar-refractivity contribution in [3.63, 3.8) is 0 Å². The lowest BCUT2D eigenvalue weighted by molar-refractivity contribution is 0.267. The highest BCUT2D eigenvalue weighted by atomic mass is 16.5. The third-order valence-electron chi connectivity index (χ3n) is 4.82. The summed E-state index contributed by atoms with van der Waals surface area (Å²) in [6.45, 7) is 6.70. The minimum atomic E-state index is 0.509. The first-order chi connectivity index (χ1) is 11.7. The Morgan fingerprint density at radius 1 is 1.46 bits per heavy atom. The highest BCUT2D eigenvalue weighted by molar-refractivity contribution is 5.77. The van der Waals surface area contributed by atoms with Crippen LogP contribution in [0, 0.1) is 5.92 Å². The van der Waals surface area contributed by atoms with Gasteiger partial charge in [-0.2, -0.15) is 0 Å².